The molecule has 0 N–H and O–H groups in total. The van der Waals surface area contributed by atoms with Crippen LogP contribution in [0.5, 0.6) is 0 Å². The Morgan fingerprint density at radius 2 is 1.31 bits per heavy atom. The molecule has 0 atom stereocenters. The highest BCUT2D eigenvalue weighted by atomic mass is 19.4. The molecule has 0 saturated carbocycles. The normalized spacial score (nSPS) is 11.9. The van der Waals surface area contributed by atoms with Gasteiger partial charge in [-0.15, -0.1) is 0 Å². The van der Waals surface area contributed by atoms with Gasteiger partial charge in [-0.2, -0.15) is 31.6 Å². The van der Waals surface area contributed by atoms with E-state index in [1.54, 1.807) is 0 Å². The van der Waals surface area contributed by atoms with Gasteiger partial charge in [-0.3, -0.25) is 0 Å². The van der Waals surface area contributed by atoms with Crippen molar-refractivity contribution >= 4 is 0 Å². The molecule has 0 fully saturated rings. The van der Waals surface area contributed by atoms with E-state index in [-0.39, 0.29) is 28.9 Å². The quantitative estimate of drug-likeness (QED) is 0.465. The molecule has 3 rings (SSSR count). The van der Waals surface area contributed by atoms with Crippen LogP contribution in [0.2, 0.25) is 0 Å². The number of benzene rings is 2. The van der Waals surface area contributed by atoms with Crippen LogP contribution < -0.4 is 0 Å². The molecule has 1 heterocycles. The number of hydrogen-bond acceptors (Lipinski definition) is 2. The number of aromatic nitrogens is 1. The molecule has 8 heteroatoms. The summed E-state index contributed by atoms with van der Waals surface area (Å²) in [5.41, 5.74) is -0.807. The number of alkyl halides is 6. The molecule has 0 aliphatic heterocycles. The van der Waals surface area contributed by atoms with Crippen LogP contribution in [-0.4, -0.2) is 4.98 Å². The van der Waals surface area contributed by atoms with Crippen LogP contribution in [0.1, 0.15) is 16.7 Å². The van der Waals surface area contributed by atoms with Crippen molar-refractivity contribution in [2.24, 2.45) is 0 Å². The molecule has 3 aromatic rings. The molecule has 2 nitrogen and oxygen atoms in total. The first kappa shape index (κ1) is 20.4. The predicted octanol–water partition coefficient (Wildman–Crippen LogP) is 6.52. The average Bonchev–Trinajstić information content (AvgIpc) is 2.67. The monoisotopic (exact) mass is 406 g/mol. The van der Waals surface area contributed by atoms with E-state index in [4.69, 9.17) is 5.26 Å². The van der Waals surface area contributed by atoms with Crippen molar-refractivity contribution in [3.8, 4) is 28.6 Å². The number of pyridine rings is 1. The lowest BCUT2D eigenvalue weighted by atomic mass is 9.99. The first-order valence-corrected chi connectivity index (χ1v) is 8.32. The topological polar surface area (TPSA) is 36.7 Å². The van der Waals surface area contributed by atoms with Crippen molar-refractivity contribution in [1.82, 2.24) is 4.98 Å². The fraction of sp³-hybridized carbons (Fsp3) is 0.143. The minimum atomic E-state index is -4.57. The molecule has 0 aliphatic rings. The van der Waals surface area contributed by atoms with E-state index >= 15 is 0 Å². The lowest BCUT2D eigenvalue weighted by molar-refractivity contribution is -0.138. The number of nitrogens with zero attached hydrogens (tertiary/aromatic N) is 2. The second-order valence-corrected chi connectivity index (χ2v) is 6.20. The van der Waals surface area contributed by atoms with Gasteiger partial charge in [0.05, 0.1) is 35.0 Å². The fourth-order valence-corrected chi connectivity index (χ4v) is 2.82. The lowest BCUT2D eigenvalue weighted by Crippen LogP contribution is -2.05. The van der Waals surface area contributed by atoms with E-state index in [1.807, 2.05) is 6.07 Å². The molecule has 1 aromatic heterocycles. The number of rotatable bonds is 3. The molecule has 0 unspecified atom stereocenters. The highest BCUT2D eigenvalue weighted by Gasteiger charge is 2.31. The maximum Gasteiger partial charge on any atom is 0.416 e. The minimum Gasteiger partial charge on any atom is -0.247 e. The zero-order valence-corrected chi connectivity index (χ0v) is 14.6. The summed E-state index contributed by atoms with van der Waals surface area (Å²) in [5, 5.41) is 9.00. The molecule has 2 aromatic carbocycles. The van der Waals surface area contributed by atoms with Gasteiger partial charge in [0.2, 0.25) is 0 Å². The summed E-state index contributed by atoms with van der Waals surface area (Å²) < 4.78 is 78.1. The predicted molar refractivity (Wildman–Crippen MR) is 94.4 cm³/mol. The van der Waals surface area contributed by atoms with Crippen molar-refractivity contribution in [3.63, 3.8) is 0 Å². The summed E-state index contributed by atoms with van der Waals surface area (Å²) in [5.74, 6) is 0. The van der Waals surface area contributed by atoms with Crippen molar-refractivity contribution in [2.45, 2.75) is 18.8 Å². The Kier molecular flexibility index (Phi) is 5.33. The maximum absolute atomic E-state index is 13.1. The van der Waals surface area contributed by atoms with Crippen LogP contribution in [0.4, 0.5) is 26.3 Å². The van der Waals surface area contributed by atoms with E-state index in [1.165, 1.54) is 36.4 Å². The van der Waals surface area contributed by atoms with Gasteiger partial charge in [-0.1, -0.05) is 30.3 Å². The van der Waals surface area contributed by atoms with Crippen LogP contribution in [0.3, 0.4) is 0 Å². The van der Waals surface area contributed by atoms with Gasteiger partial charge >= 0.3 is 12.4 Å². The van der Waals surface area contributed by atoms with Crippen LogP contribution in [0.25, 0.3) is 22.5 Å². The SMILES string of the molecule is N#CCc1ccc(-c2cccc(C(F)(F)F)c2)nc1-c1cccc(C(F)(F)F)c1. The van der Waals surface area contributed by atoms with Gasteiger partial charge in [0.1, 0.15) is 0 Å². The summed E-state index contributed by atoms with van der Waals surface area (Å²) in [6.45, 7) is 0. The highest BCUT2D eigenvalue weighted by Crippen LogP contribution is 2.35. The second-order valence-electron chi connectivity index (χ2n) is 6.20. The Hall–Kier alpha value is -3.34. The molecule has 0 radical (unpaired) electrons. The molecule has 0 amide bonds. The van der Waals surface area contributed by atoms with E-state index < -0.39 is 23.5 Å². The smallest absolute Gasteiger partial charge is 0.247 e. The number of hydrogen-bond donors (Lipinski definition) is 0. The summed E-state index contributed by atoms with van der Waals surface area (Å²) in [7, 11) is 0. The molecule has 0 aliphatic carbocycles. The fourth-order valence-electron chi connectivity index (χ4n) is 2.82. The zero-order valence-electron chi connectivity index (χ0n) is 14.6. The van der Waals surface area contributed by atoms with E-state index in [2.05, 4.69) is 4.98 Å². The Labute approximate surface area is 162 Å². The summed E-state index contributed by atoms with van der Waals surface area (Å²) in [4.78, 5) is 4.29. The van der Waals surface area contributed by atoms with Gasteiger partial charge in [0.25, 0.3) is 0 Å². The molecule has 0 spiro atoms. The molecular formula is C21H12F6N2. The summed E-state index contributed by atoms with van der Waals surface area (Å²) >= 11 is 0. The first-order valence-electron chi connectivity index (χ1n) is 8.32. The average molecular weight is 406 g/mol. The Bertz CT molecular complexity index is 1080. The van der Waals surface area contributed by atoms with Crippen molar-refractivity contribution in [3.05, 3.63) is 77.4 Å². The summed E-state index contributed by atoms with van der Waals surface area (Å²) in [6, 6.07) is 13.8. The standard InChI is InChI=1S/C21H12F6N2/c22-20(23,24)16-5-1-3-14(11-16)18-8-7-13(9-10-28)19(29-18)15-4-2-6-17(12-15)21(25,26)27/h1-8,11-12H,9H2. The third kappa shape index (κ3) is 4.57. The van der Waals surface area contributed by atoms with Gasteiger partial charge in [0, 0.05) is 11.1 Å². The van der Waals surface area contributed by atoms with Gasteiger partial charge in [-0.25, -0.2) is 4.98 Å². The van der Waals surface area contributed by atoms with Crippen LogP contribution in [-0.2, 0) is 18.8 Å². The Morgan fingerprint density at radius 3 is 1.86 bits per heavy atom. The lowest BCUT2D eigenvalue weighted by Gasteiger charge is -2.13. The Morgan fingerprint density at radius 1 is 0.759 bits per heavy atom. The Balaban J connectivity index is 2.15. The van der Waals surface area contributed by atoms with E-state index in [0.717, 1.165) is 24.3 Å². The van der Waals surface area contributed by atoms with Gasteiger partial charge in [-0.05, 0) is 35.9 Å². The number of halogens is 6. The van der Waals surface area contributed by atoms with Gasteiger partial charge in [0.15, 0.2) is 0 Å². The summed E-state index contributed by atoms with van der Waals surface area (Å²) in [6.07, 6.45) is -9.22. The maximum atomic E-state index is 13.1. The van der Waals surface area contributed by atoms with Crippen molar-refractivity contribution < 1.29 is 26.3 Å². The van der Waals surface area contributed by atoms with E-state index in [9.17, 15) is 26.3 Å². The zero-order chi connectivity index (χ0) is 21.2. The molecule has 0 saturated heterocycles. The van der Waals surface area contributed by atoms with Gasteiger partial charge < -0.3 is 0 Å². The highest BCUT2D eigenvalue weighted by molar-refractivity contribution is 5.70. The molecule has 0 bridgehead atoms. The van der Waals surface area contributed by atoms with Crippen molar-refractivity contribution in [2.75, 3.05) is 0 Å². The minimum absolute atomic E-state index is 0.110. The third-order valence-corrected chi connectivity index (χ3v) is 4.20. The van der Waals surface area contributed by atoms with Crippen molar-refractivity contribution in [1.29, 1.82) is 5.26 Å². The molecular weight excluding hydrogens is 394 g/mol. The largest absolute Gasteiger partial charge is 0.416 e. The van der Waals surface area contributed by atoms with Crippen LogP contribution in [0, 0.1) is 11.3 Å². The van der Waals surface area contributed by atoms with Crippen LogP contribution >= 0.6 is 0 Å². The van der Waals surface area contributed by atoms with Crippen LogP contribution in [0.15, 0.2) is 60.7 Å². The third-order valence-electron chi connectivity index (χ3n) is 4.20. The van der Waals surface area contributed by atoms with E-state index in [0.29, 0.717) is 5.56 Å². The molecule has 148 valence electrons. The first-order chi connectivity index (χ1) is 13.6. The second kappa shape index (κ2) is 7.59. The molecule has 29 heavy (non-hydrogen) atoms. The number of nitriles is 1.